The minimum Gasteiger partial charge on any atom is -0.396 e. The average molecular weight is 304 g/mol. The molecule has 0 spiro atoms. The molecular formula is C14H22ClNO2S. The van der Waals surface area contributed by atoms with Crippen LogP contribution in [0.5, 0.6) is 0 Å². The molecule has 1 atom stereocenters. The number of rotatable bonds is 9. The van der Waals surface area contributed by atoms with Crippen molar-refractivity contribution < 1.29 is 9.84 Å². The third-order valence-electron chi connectivity index (χ3n) is 2.66. The first-order valence-electron chi connectivity index (χ1n) is 6.39. The zero-order valence-electron chi connectivity index (χ0n) is 11.5. The monoisotopic (exact) mass is 303 g/mol. The highest BCUT2D eigenvalue weighted by Gasteiger charge is 2.07. The maximum absolute atomic E-state index is 9.07. The summed E-state index contributed by atoms with van der Waals surface area (Å²) in [4.78, 5) is 1.22. The number of nitrogens with one attached hydrogen (secondary N) is 1. The molecule has 1 aromatic rings. The van der Waals surface area contributed by atoms with Crippen LogP contribution in [0.25, 0.3) is 0 Å². The van der Waals surface area contributed by atoms with E-state index in [9.17, 15) is 0 Å². The Balaban J connectivity index is 2.58. The van der Waals surface area contributed by atoms with Gasteiger partial charge in [0.05, 0.1) is 6.61 Å². The van der Waals surface area contributed by atoms with E-state index in [1.807, 2.05) is 25.1 Å². The number of benzene rings is 1. The summed E-state index contributed by atoms with van der Waals surface area (Å²) < 4.78 is 5.01. The normalized spacial score (nSPS) is 12.6. The Morgan fingerprint density at radius 2 is 2.26 bits per heavy atom. The Labute approximate surface area is 124 Å². The molecule has 1 rings (SSSR count). The van der Waals surface area contributed by atoms with Gasteiger partial charge in [0.1, 0.15) is 0 Å². The number of hydrogen-bond acceptors (Lipinski definition) is 4. The number of thioether (sulfide) groups is 1. The third kappa shape index (κ3) is 6.63. The average Bonchev–Trinajstić information content (AvgIpc) is 2.42. The van der Waals surface area contributed by atoms with Gasteiger partial charge in [0.2, 0.25) is 0 Å². The van der Waals surface area contributed by atoms with Crippen LogP contribution in [0.2, 0.25) is 5.02 Å². The summed E-state index contributed by atoms with van der Waals surface area (Å²) in [5, 5.41) is 13.1. The van der Waals surface area contributed by atoms with Gasteiger partial charge in [-0.15, -0.1) is 11.8 Å². The van der Waals surface area contributed by atoms with Crippen molar-refractivity contribution >= 4 is 23.4 Å². The third-order valence-corrected chi connectivity index (χ3v) is 4.34. The van der Waals surface area contributed by atoms with Crippen molar-refractivity contribution in [2.24, 2.45) is 5.92 Å². The molecular weight excluding hydrogens is 282 g/mol. The molecule has 19 heavy (non-hydrogen) atoms. The van der Waals surface area contributed by atoms with Gasteiger partial charge >= 0.3 is 0 Å². The van der Waals surface area contributed by atoms with Crippen LogP contribution >= 0.6 is 23.4 Å². The molecule has 3 nitrogen and oxygen atoms in total. The fraction of sp³-hybridized carbons (Fsp3) is 0.571. The van der Waals surface area contributed by atoms with E-state index in [2.05, 4.69) is 5.32 Å². The summed E-state index contributed by atoms with van der Waals surface area (Å²) in [6, 6.07) is 5.95. The molecule has 0 aliphatic heterocycles. The minimum atomic E-state index is 0.224. The van der Waals surface area contributed by atoms with Gasteiger partial charge in [-0.05, 0) is 29.7 Å². The van der Waals surface area contributed by atoms with Gasteiger partial charge in [-0.25, -0.2) is 0 Å². The van der Waals surface area contributed by atoms with E-state index in [0.29, 0.717) is 12.5 Å². The van der Waals surface area contributed by atoms with Crippen molar-refractivity contribution in [3.05, 3.63) is 28.8 Å². The zero-order valence-corrected chi connectivity index (χ0v) is 13.1. The number of hydrogen-bond donors (Lipinski definition) is 2. The molecule has 0 saturated carbocycles. The predicted octanol–water partition coefficient (Wildman–Crippen LogP) is 2.80. The Morgan fingerprint density at radius 3 is 2.95 bits per heavy atom. The van der Waals surface area contributed by atoms with Crippen molar-refractivity contribution in [2.75, 3.05) is 32.6 Å². The highest BCUT2D eigenvalue weighted by molar-refractivity contribution is 7.99. The first-order chi connectivity index (χ1) is 9.17. The van der Waals surface area contributed by atoms with Gasteiger partial charge in [-0.3, -0.25) is 0 Å². The van der Waals surface area contributed by atoms with E-state index in [4.69, 9.17) is 21.4 Å². The summed E-state index contributed by atoms with van der Waals surface area (Å²) in [7, 11) is 1.69. The van der Waals surface area contributed by atoms with Gasteiger partial charge in [0.25, 0.3) is 0 Å². The Hall–Kier alpha value is -0.260. The summed E-state index contributed by atoms with van der Waals surface area (Å²) in [5.41, 5.74) is 1.19. The topological polar surface area (TPSA) is 41.5 Å². The van der Waals surface area contributed by atoms with E-state index in [-0.39, 0.29) is 6.61 Å². The number of aliphatic hydroxyl groups is 1. The predicted molar refractivity (Wildman–Crippen MR) is 82.0 cm³/mol. The first kappa shape index (κ1) is 16.8. The lowest BCUT2D eigenvalue weighted by atomic mass is 10.2. The second kappa shape index (κ2) is 9.61. The number of ether oxygens (including phenoxy) is 1. The maximum Gasteiger partial charge on any atom is 0.0587 e. The second-order valence-electron chi connectivity index (χ2n) is 4.52. The smallest absolute Gasteiger partial charge is 0.0587 e. The van der Waals surface area contributed by atoms with Crippen LogP contribution in [0.15, 0.2) is 23.1 Å². The number of methoxy groups -OCH3 is 1. The van der Waals surface area contributed by atoms with Crippen LogP contribution in [-0.4, -0.2) is 37.7 Å². The quantitative estimate of drug-likeness (QED) is 0.544. The lowest BCUT2D eigenvalue weighted by molar-refractivity contribution is 0.199. The molecule has 0 aliphatic rings. The van der Waals surface area contributed by atoms with Crippen LogP contribution in [0.3, 0.4) is 0 Å². The molecule has 5 heteroatoms. The van der Waals surface area contributed by atoms with Gasteiger partial charge in [0, 0.05) is 42.5 Å². The summed E-state index contributed by atoms with van der Waals surface area (Å²) in [6.45, 7) is 4.56. The van der Waals surface area contributed by atoms with Crippen LogP contribution in [0, 0.1) is 5.92 Å². The Bertz CT molecular complexity index is 376. The van der Waals surface area contributed by atoms with E-state index in [1.165, 1.54) is 10.5 Å². The lowest BCUT2D eigenvalue weighted by Gasteiger charge is -2.13. The van der Waals surface area contributed by atoms with Crippen molar-refractivity contribution in [1.29, 1.82) is 0 Å². The van der Waals surface area contributed by atoms with Crippen molar-refractivity contribution in [1.82, 2.24) is 5.32 Å². The maximum atomic E-state index is 9.07. The van der Waals surface area contributed by atoms with Crippen LogP contribution < -0.4 is 5.32 Å². The molecule has 0 radical (unpaired) electrons. The Morgan fingerprint density at radius 1 is 1.47 bits per heavy atom. The standard InChI is InChI=1S/C14H22ClNO2S/c1-11(9-17)10-19-14-4-3-13(15)7-12(14)8-16-5-6-18-2/h3-4,7,11,16-17H,5-6,8-10H2,1-2H3. The molecule has 0 amide bonds. The molecule has 1 aromatic carbocycles. The highest BCUT2D eigenvalue weighted by atomic mass is 35.5. The van der Waals surface area contributed by atoms with Gasteiger partial charge in [-0.1, -0.05) is 18.5 Å². The first-order valence-corrected chi connectivity index (χ1v) is 7.75. The molecule has 0 saturated heterocycles. The van der Waals surface area contributed by atoms with Gasteiger partial charge in [0.15, 0.2) is 0 Å². The molecule has 108 valence electrons. The molecule has 0 bridgehead atoms. The molecule has 1 unspecified atom stereocenters. The van der Waals surface area contributed by atoms with E-state index < -0.39 is 0 Å². The van der Waals surface area contributed by atoms with E-state index in [1.54, 1.807) is 18.9 Å². The Kier molecular flexibility index (Phi) is 8.50. The molecule has 0 aromatic heterocycles. The zero-order chi connectivity index (χ0) is 14.1. The van der Waals surface area contributed by atoms with Crippen molar-refractivity contribution in [2.45, 2.75) is 18.4 Å². The molecule has 2 N–H and O–H groups in total. The highest BCUT2D eigenvalue weighted by Crippen LogP contribution is 2.27. The van der Waals surface area contributed by atoms with Gasteiger partial charge < -0.3 is 15.2 Å². The van der Waals surface area contributed by atoms with E-state index in [0.717, 1.165) is 23.9 Å². The number of aliphatic hydroxyl groups excluding tert-OH is 1. The van der Waals surface area contributed by atoms with Crippen molar-refractivity contribution in [3.63, 3.8) is 0 Å². The largest absolute Gasteiger partial charge is 0.396 e. The second-order valence-corrected chi connectivity index (χ2v) is 6.02. The fourth-order valence-electron chi connectivity index (χ4n) is 1.51. The molecule has 0 heterocycles. The summed E-state index contributed by atoms with van der Waals surface area (Å²) >= 11 is 7.81. The minimum absolute atomic E-state index is 0.224. The lowest BCUT2D eigenvalue weighted by Crippen LogP contribution is -2.19. The van der Waals surface area contributed by atoms with Crippen LogP contribution in [0.1, 0.15) is 12.5 Å². The van der Waals surface area contributed by atoms with Crippen molar-refractivity contribution in [3.8, 4) is 0 Å². The molecule has 0 fully saturated rings. The fourth-order valence-corrected chi connectivity index (χ4v) is 2.75. The van der Waals surface area contributed by atoms with Crippen LogP contribution in [-0.2, 0) is 11.3 Å². The van der Waals surface area contributed by atoms with Gasteiger partial charge in [-0.2, -0.15) is 0 Å². The van der Waals surface area contributed by atoms with Crippen LogP contribution in [0.4, 0.5) is 0 Å². The summed E-state index contributed by atoms with van der Waals surface area (Å²) in [5.74, 6) is 1.21. The van der Waals surface area contributed by atoms with E-state index >= 15 is 0 Å². The SMILES string of the molecule is COCCNCc1cc(Cl)ccc1SCC(C)CO. The number of halogens is 1. The summed E-state index contributed by atoms with van der Waals surface area (Å²) in [6.07, 6.45) is 0. The molecule has 0 aliphatic carbocycles.